The summed E-state index contributed by atoms with van der Waals surface area (Å²) >= 11 is 6.02. The topological polar surface area (TPSA) is 92.5 Å². The summed E-state index contributed by atoms with van der Waals surface area (Å²) in [5, 5.41) is 13.6. The third kappa shape index (κ3) is 4.87. The number of anilines is 2. The number of nitrogens with zero attached hydrogens (tertiary/aromatic N) is 4. The average molecular weight is 458 g/mol. The molecule has 3 aromatic rings. The van der Waals surface area contributed by atoms with Crippen LogP contribution >= 0.6 is 11.6 Å². The zero-order chi connectivity index (χ0) is 22.7. The summed E-state index contributed by atoms with van der Waals surface area (Å²) < 4.78 is 7.10. The molecule has 0 saturated carbocycles. The van der Waals surface area contributed by atoms with E-state index in [0.29, 0.717) is 41.6 Å². The number of hydrogen-bond donors (Lipinski definition) is 2. The number of fused-ring (bicyclic) bond motifs is 1. The van der Waals surface area contributed by atoms with Gasteiger partial charge in [0.05, 0.1) is 49.8 Å². The first kappa shape index (κ1) is 22.5. The van der Waals surface area contributed by atoms with Gasteiger partial charge in [-0.25, -0.2) is 9.78 Å². The summed E-state index contributed by atoms with van der Waals surface area (Å²) in [6, 6.07) is 9.15. The molecule has 2 aromatic heterocycles. The molecule has 4 rings (SSSR count). The van der Waals surface area contributed by atoms with E-state index < -0.39 is 0 Å². The van der Waals surface area contributed by atoms with Crippen LogP contribution in [-0.4, -0.2) is 58.6 Å². The van der Waals surface area contributed by atoms with E-state index in [1.165, 1.54) is 0 Å². The fourth-order valence-corrected chi connectivity index (χ4v) is 3.89. The molecule has 8 nitrogen and oxygen atoms in total. The van der Waals surface area contributed by atoms with Gasteiger partial charge in [-0.3, -0.25) is 4.57 Å². The molecule has 0 amide bonds. The summed E-state index contributed by atoms with van der Waals surface area (Å²) in [6.07, 6.45) is 1.81. The van der Waals surface area contributed by atoms with Crippen LogP contribution in [0, 0.1) is 5.92 Å². The van der Waals surface area contributed by atoms with Gasteiger partial charge in [-0.05, 0) is 29.7 Å². The van der Waals surface area contributed by atoms with E-state index in [4.69, 9.17) is 21.3 Å². The van der Waals surface area contributed by atoms with Crippen molar-refractivity contribution in [3.8, 4) is 0 Å². The van der Waals surface area contributed by atoms with Gasteiger partial charge in [0, 0.05) is 18.1 Å². The first-order valence-electron chi connectivity index (χ1n) is 10.8. The van der Waals surface area contributed by atoms with Crippen LogP contribution in [0.25, 0.3) is 11.0 Å². The van der Waals surface area contributed by atoms with E-state index >= 15 is 0 Å². The van der Waals surface area contributed by atoms with Crippen LogP contribution in [-0.2, 0) is 11.3 Å². The minimum Gasteiger partial charge on any atom is -0.394 e. The molecule has 0 spiro atoms. The Balaban J connectivity index is 1.82. The summed E-state index contributed by atoms with van der Waals surface area (Å²) in [7, 11) is 0. The van der Waals surface area contributed by atoms with Gasteiger partial charge >= 0.3 is 5.69 Å². The molecule has 0 unspecified atom stereocenters. The molecule has 0 bridgehead atoms. The Labute approximate surface area is 191 Å². The van der Waals surface area contributed by atoms with Gasteiger partial charge < -0.3 is 20.1 Å². The van der Waals surface area contributed by atoms with Crippen molar-refractivity contribution in [2.45, 2.75) is 26.4 Å². The van der Waals surface area contributed by atoms with E-state index in [1.807, 2.05) is 32.0 Å². The SMILES string of the molecule is CC(C)[C@H](CO)Nc1nc(=O)n(Cc2ccc(Cl)cc2)c2cc(N3CCOCC3)cnc12. The molecule has 0 aliphatic carbocycles. The number of aliphatic hydroxyl groups is 1. The standard InChI is InChI=1S/C23H28ClN5O3/c1-15(2)19(14-30)26-22-21-20(11-18(12-25-21)28-7-9-32-10-8-28)29(23(31)27-22)13-16-3-5-17(24)6-4-16/h3-6,11-12,15,19,30H,7-10,13-14H2,1-2H3,(H,26,27,31)/t19-/m0/s1. The number of aromatic nitrogens is 3. The summed E-state index contributed by atoms with van der Waals surface area (Å²) in [4.78, 5) is 24.3. The maximum Gasteiger partial charge on any atom is 0.350 e. The maximum atomic E-state index is 13.1. The lowest BCUT2D eigenvalue weighted by molar-refractivity contribution is 0.122. The Hall–Kier alpha value is -2.68. The summed E-state index contributed by atoms with van der Waals surface area (Å²) in [5.74, 6) is 0.541. The molecule has 1 atom stereocenters. The van der Waals surface area contributed by atoms with E-state index in [0.717, 1.165) is 24.3 Å². The highest BCUT2D eigenvalue weighted by Crippen LogP contribution is 2.25. The third-order valence-electron chi connectivity index (χ3n) is 5.76. The molecule has 3 heterocycles. The van der Waals surface area contributed by atoms with Gasteiger partial charge in [0.2, 0.25) is 0 Å². The van der Waals surface area contributed by atoms with E-state index in [1.54, 1.807) is 22.9 Å². The predicted molar refractivity (Wildman–Crippen MR) is 127 cm³/mol. The zero-order valence-electron chi connectivity index (χ0n) is 18.3. The number of ether oxygens (including phenoxy) is 1. The maximum absolute atomic E-state index is 13.1. The average Bonchev–Trinajstić information content (AvgIpc) is 2.81. The molecular weight excluding hydrogens is 430 g/mol. The first-order valence-corrected chi connectivity index (χ1v) is 11.2. The largest absolute Gasteiger partial charge is 0.394 e. The minimum absolute atomic E-state index is 0.0689. The second-order valence-corrected chi connectivity index (χ2v) is 8.73. The molecule has 1 aliphatic rings. The molecule has 1 aromatic carbocycles. The normalized spacial score (nSPS) is 15.3. The van der Waals surface area contributed by atoms with Gasteiger partial charge in [-0.2, -0.15) is 4.98 Å². The number of aliphatic hydroxyl groups excluding tert-OH is 1. The lowest BCUT2D eigenvalue weighted by atomic mass is 10.1. The zero-order valence-corrected chi connectivity index (χ0v) is 19.0. The highest BCUT2D eigenvalue weighted by molar-refractivity contribution is 6.30. The molecular formula is C23H28ClN5O3. The molecule has 1 aliphatic heterocycles. The van der Waals surface area contributed by atoms with Gasteiger partial charge in [0.25, 0.3) is 0 Å². The fraction of sp³-hybridized carbons (Fsp3) is 0.435. The molecule has 170 valence electrons. The molecule has 1 fully saturated rings. The number of rotatable bonds is 7. The monoisotopic (exact) mass is 457 g/mol. The van der Waals surface area contributed by atoms with Gasteiger partial charge in [0.15, 0.2) is 5.82 Å². The minimum atomic E-state index is -0.378. The Morgan fingerprint density at radius 2 is 1.94 bits per heavy atom. The van der Waals surface area contributed by atoms with Crippen LogP contribution in [0.15, 0.2) is 41.3 Å². The van der Waals surface area contributed by atoms with Crippen molar-refractivity contribution in [1.29, 1.82) is 0 Å². The van der Waals surface area contributed by atoms with Crippen molar-refractivity contribution < 1.29 is 9.84 Å². The highest BCUT2D eigenvalue weighted by Gasteiger charge is 2.20. The predicted octanol–water partition coefficient (Wildman–Crippen LogP) is 2.76. The molecule has 0 radical (unpaired) electrons. The van der Waals surface area contributed by atoms with Crippen molar-refractivity contribution in [2.24, 2.45) is 5.92 Å². The van der Waals surface area contributed by atoms with E-state index in [-0.39, 0.29) is 24.3 Å². The molecule has 9 heteroatoms. The molecule has 1 saturated heterocycles. The van der Waals surface area contributed by atoms with Crippen LogP contribution in [0.2, 0.25) is 5.02 Å². The highest BCUT2D eigenvalue weighted by atomic mass is 35.5. The van der Waals surface area contributed by atoms with Crippen LogP contribution < -0.4 is 15.9 Å². The van der Waals surface area contributed by atoms with Gasteiger partial charge in [-0.1, -0.05) is 37.6 Å². The number of nitrogens with one attached hydrogen (secondary N) is 1. The number of benzene rings is 1. The summed E-state index contributed by atoms with van der Waals surface area (Å²) in [6.45, 7) is 7.14. The smallest absolute Gasteiger partial charge is 0.350 e. The number of hydrogen-bond acceptors (Lipinski definition) is 7. The second-order valence-electron chi connectivity index (χ2n) is 8.29. The number of halogens is 1. The number of pyridine rings is 1. The van der Waals surface area contributed by atoms with Crippen molar-refractivity contribution in [3.63, 3.8) is 0 Å². The Morgan fingerprint density at radius 1 is 1.22 bits per heavy atom. The van der Waals surface area contributed by atoms with Crippen LogP contribution in [0.3, 0.4) is 0 Å². The van der Waals surface area contributed by atoms with E-state index in [2.05, 4.69) is 15.2 Å². The summed E-state index contributed by atoms with van der Waals surface area (Å²) in [5.41, 5.74) is 2.77. The van der Waals surface area contributed by atoms with Crippen LogP contribution in [0.5, 0.6) is 0 Å². The lowest BCUT2D eigenvalue weighted by Gasteiger charge is -2.29. The van der Waals surface area contributed by atoms with Crippen LogP contribution in [0.1, 0.15) is 19.4 Å². The second kappa shape index (κ2) is 9.85. The quantitative estimate of drug-likeness (QED) is 0.563. The Bertz CT molecular complexity index is 1130. The van der Waals surface area contributed by atoms with Crippen LogP contribution in [0.4, 0.5) is 11.5 Å². The van der Waals surface area contributed by atoms with Crippen molar-refractivity contribution >= 4 is 34.1 Å². The molecule has 2 N–H and O–H groups in total. The van der Waals surface area contributed by atoms with Crippen molar-refractivity contribution in [3.05, 3.63) is 57.6 Å². The van der Waals surface area contributed by atoms with E-state index in [9.17, 15) is 9.90 Å². The van der Waals surface area contributed by atoms with Crippen molar-refractivity contribution in [2.75, 3.05) is 43.1 Å². The lowest BCUT2D eigenvalue weighted by Crippen LogP contribution is -2.36. The Kier molecular flexibility index (Phi) is 6.93. The fourth-order valence-electron chi connectivity index (χ4n) is 3.76. The van der Waals surface area contributed by atoms with Gasteiger partial charge in [0.1, 0.15) is 5.52 Å². The van der Waals surface area contributed by atoms with Gasteiger partial charge in [-0.15, -0.1) is 0 Å². The number of morpholine rings is 1. The first-order chi connectivity index (χ1) is 15.5. The Morgan fingerprint density at radius 3 is 2.59 bits per heavy atom. The van der Waals surface area contributed by atoms with Crippen molar-refractivity contribution in [1.82, 2.24) is 14.5 Å². The molecule has 32 heavy (non-hydrogen) atoms. The third-order valence-corrected chi connectivity index (χ3v) is 6.01.